The first-order valence-corrected chi connectivity index (χ1v) is 6.34. The predicted octanol–water partition coefficient (Wildman–Crippen LogP) is 4.67. The molecule has 0 aliphatic rings. The molecule has 0 aliphatic carbocycles. The molecule has 5 heteroatoms. The van der Waals surface area contributed by atoms with E-state index in [1.54, 1.807) is 0 Å². The Bertz CT molecular complexity index is 412. The summed E-state index contributed by atoms with van der Waals surface area (Å²) in [6.07, 6.45) is -2.29. The van der Waals surface area contributed by atoms with E-state index in [0.29, 0.717) is 12.3 Å². The predicted molar refractivity (Wildman–Crippen MR) is 67.0 cm³/mol. The van der Waals surface area contributed by atoms with Gasteiger partial charge >= 0.3 is 6.18 Å². The lowest BCUT2D eigenvalue weighted by Gasteiger charge is -2.16. The Hall–Kier alpha value is -1.10. The first-order valence-electron chi connectivity index (χ1n) is 6.34. The minimum absolute atomic E-state index is 0.0569. The number of benzene rings is 1. The summed E-state index contributed by atoms with van der Waals surface area (Å²) in [5.74, 6) is -0.177. The fourth-order valence-electron chi connectivity index (χ4n) is 1.91. The van der Waals surface area contributed by atoms with Crippen LogP contribution in [0.25, 0.3) is 0 Å². The highest BCUT2D eigenvalue weighted by Crippen LogP contribution is 2.32. The minimum atomic E-state index is -4.47. The molecule has 2 N–H and O–H groups in total. The van der Waals surface area contributed by atoms with Crippen molar-refractivity contribution in [2.24, 2.45) is 11.7 Å². The largest absolute Gasteiger partial charge is 0.416 e. The molecule has 0 spiro atoms. The number of alkyl halides is 3. The van der Waals surface area contributed by atoms with Crippen molar-refractivity contribution >= 4 is 0 Å². The zero-order valence-corrected chi connectivity index (χ0v) is 11.1. The van der Waals surface area contributed by atoms with Crippen molar-refractivity contribution in [3.05, 3.63) is 35.1 Å². The van der Waals surface area contributed by atoms with Gasteiger partial charge < -0.3 is 5.73 Å². The van der Waals surface area contributed by atoms with Crippen LogP contribution in [0.15, 0.2) is 18.2 Å². The maximum atomic E-state index is 13.5. The molecular weight excluding hydrogens is 258 g/mol. The molecule has 1 nitrogen and oxygen atoms in total. The van der Waals surface area contributed by atoms with Crippen LogP contribution in [-0.4, -0.2) is 0 Å². The van der Waals surface area contributed by atoms with Gasteiger partial charge in [0, 0.05) is 11.6 Å². The molecule has 0 saturated carbocycles. The molecule has 0 saturated heterocycles. The van der Waals surface area contributed by atoms with Crippen molar-refractivity contribution in [1.29, 1.82) is 0 Å². The van der Waals surface area contributed by atoms with Gasteiger partial charge in [-0.15, -0.1) is 0 Å². The number of nitrogens with two attached hydrogens (primary N) is 1. The van der Waals surface area contributed by atoms with Gasteiger partial charge in [0.05, 0.1) is 5.56 Å². The lowest BCUT2D eigenvalue weighted by molar-refractivity contribution is -0.137. The van der Waals surface area contributed by atoms with Crippen molar-refractivity contribution < 1.29 is 17.6 Å². The summed E-state index contributed by atoms with van der Waals surface area (Å²) in [6.45, 7) is 4.10. The van der Waals surface area contributed by atoms with Crippen LogP contribution in [-0.2, 0) is 6.18 Å². The van der Waals surface area contributed by atoms with E-state index in [2.05, 4.69) is 13.8 Å². The molecule has 0 fully saturated rings. The Morgan fingerprint density at radius 3 is 2.32 bits per heavy atom. The number of hydrogen-bond donors (Lipinski definition) is 1. The highest BCUT2D eigenvalue weighted by molar-refractivity contribution is 5.29. The summed E-state index contributed by atoms with van der Waals surface area (Å²) in [7, 11) is 0. The van der Waals surface area contributed by atoms with Gasteiger partial charge in [-0.3, -0.25) is 0 Å². The second-order valence-electron chi connectivity index (χ2n) is 5.17. The molecule has 0 heterocycles. The van der Waals surface area contributed by atoms with Crippen LogP contribution < -0.4 is 5.73 Å². The molecule has 0 amide bonds. The third-order valence-corrected chi connectivity index (χ3v) is 3.02. The normalized spacial score (nSPS) is 13.9. The van der Waals surface area contributed by atoms with E-state index in [1.165, 1.54) is 0 Å². The molecule has 1 atom stereocenters. The summed E-state index contributed by atoms with van der Waals surface area (Å²) in [5, 5.41) is 0. The van der Waals surface area contributed by atoms with Gasteiger partial charge in [-0.1, -0.05) is 26.7 Å². The minimum Gasteiger partial charge on any atom is -0.324 e. The fraction of sp³-hybridized carbons (Fsp3) is 0.571. The van der Waals surface area contributed by atoms with E-state index < -0.39 is 23.6 Å². The molecule has 0 aliphatic heterocycles. The topological polar surface area (TPSA) is 26.0 Å². The van der Waals surface area contributed by atoms with E-state index in [1.807, 2.05) is 0 Å². The van der Waals surface area contributed by atoms with Crippen molar-refractivity contribution in [2.75, 3.05) is 0 Å². The summed E-state index contributed by atoms with van der Waals surface area (Å²) in [5.41, 5.74) is 4.87. The fourth-order valence-corrected chi connectivity index (χ4v) is 1.91. The van der Waals surface area contributed by atoms with Gasteiger partial charge in [0.1, 0.15) is 5.82 Å². The van der Waals surface area contributed by atoms with Gasteiger partial charge in [-0.05, 0) is 30.5 Å². The van der Waals surface area contributed by atoms with Crippen molar-refractivity contribution in [3.63, 3.8) is 0 Å². The lowest BCUT2D eigenvalue weighted by atomic mass is 9.97. The molecule has 19 heavy (non-hydrogen) atoms. The van der Waals surface area contributed by atoms with E-state index in [0.717, 1.165) is 31.0 Å². The van der Waals surface area contributed by atoms with E-state index >= 15 is 0 Å². The van der Waals surface area contributed by atoms with Crippen molar-refractivity contribution in [1.82, 2.24) is 0 Å². The zero-order valence-electron chi connectivity index (χ0n) is 11.1. The number of rotatable bonds is 5. The average molecular weight is 277 g/mol. The molecule has 108 valence electrons. The van der Waals surface area contributed by atoms with Gasteiger partial charge in [-0.25, -0.2) is 4.39 Å². The van der Waals surface area contributed by atoms with E-state index in [-0.39, 0.29) is 5.56 Å². The Labute approximate surface area is 110 Å². The van der Waals surface area contributed by atoms with Crippen LogP contribution in [0.4, 0.5) is 17.6 Å². The number of hydrogen-bond acceptors (Lipinski definition) is 1. The zero-order chi connectivity index (χ0) is 14.6. The summed E-state index contributed by atoms with van der Waals surface area (Å²) in [6, 6.07) is 1.69. The first-order chi connectivity index (χ1) is 8.71. The van der Waals surface area contributed by atoms with Crippen LogP contribution in [0.3, 0.4) is 0 Å². The summed E-state index contributed by atoms with van der Waals surface area (Å²) < 4.78 is 51.2. The lowest BCUT2D eigenvalue weighted by Crippen LogP contribution is -2.14. The molecule has 1 aromatic carbocycles. The molecule has 0 aromatic heterocycles. The quantitative estimate of drug-likeness (QED) is 0.777. The van der Waals surface area contributed by atoms with Crippen LogP contribution >= 0.6 is 0 Å². The molecule has 0 radical (unpaired) electrons. The van der Waals surface area contributed by atoms with Crippen molar-refractivity contribution in [2.45, 2.75) is 45.3 Å². The molecule has 1 unspecified atom stereocenters. The molecule has 1 rings (SSSR count). The first kappa shape index (κ1) is 16.0. The molecular formula is C14H19F4N. The Morgan fingerprint density at radius 2 is 1.79 bits per heavy atom. The van der Waals surface area contributed by atoms with Gasteiger partial charge in [0.25, 0.3) is 0 Å². The standard InChI is InChI=1S/C14H19F4N/c1-9(2)4-3-5-13(19)11-8-10(14(16,17)18)6-7-12(11)15/h6-9,13H,3-5,19H2,1-2H3. The SMILES string of the molecule is CC(C)CCCC(N)c1cc(C(F)(F)F)ccc1F. The van der Waals surface area contributed by atoms with Gasteiger partial charge in [0.15, 0.2) is 0 Å². The van der Waals surface area contributed by atoms with Crippen molar-refractivity contribution in [3.8, 4) is 0 Å². The third kappa shape index (κ3) is 4.82. The second-order valence-corrected chi connectivity index (χ2v) is 5.17. The highest BCUT2D eigenvalue weighted by Gasteiger charge is 2.31. The van der Waals surface area contributed by atoms with Crippen LogP contribution in [0, 0.1) is 11.7 Å². The van der Waals surface area contributed by atoms with E-state index in [4.69, 9.17) is 5.73 Å². The van der Waals surface area contributed by atoms with Crippen LogP contribution in [0.5, 0.6) is 0 Å². The molecule has 0 bridgehead atoms. The maximum absolute atomic E-state index is 13.5. The highest BCUT2D eigenvalue weighted by atomic mass is 19.4. The third-order valence-electron chi connectivity index (χ3n) is 3.02. The summed E-state index contributed by atoms with van der Waals surface area (Å²) in [4.78, 5) is 0. The van der Waals surface area contributed by atoms with Crippen LogP contribution in [0.1, 0.15) is 50.3 Å². The van der Waals surface area contributed by atoms with Gasteiger partial charge in [0.2, 0.25) is 0 Å². The average Bonchev–Trinajstić information content (AvgIpc) is 2.27. The molecule has 1 aromatic rings. The maximum Gasteiger partial charge on any atom is 0.416 e. The van der Waals surface area contributed by atoms with Gasteiger partial charge in [-0.2, -0.15) is 13.2 Å². The summed E-state index contributed by atoms with van der Waals surface area (Å²) >= 11 is 0. The Kier molecular flexibility index (Phi) is 5.35. The smallest absolute Gasteiger partial charge is 0.324 e. The Balaban J connectivity index is 2.81. The number of halogens is 4. The van der Waals surface area contributed by atoms with E-state index in [9.17, 15) is 17.6 Å². The monoisotopic (exact) mass is 277 g/mol. The second kappa shape index (κ2) is 6.37. The van der Waals surface area contributed by atoms with Crippen LogP contribution in [0.2, 0.25) is 0 Å². The Morgan fingerprint density at radius 1 is 1.16 bits per heavy atom.